The summed E-state index contributed by atoms with van der Waals surface area (Å²) < 4.78 is 53.5. The molecule has 1 aliphatic rings. The second-order valence-electron chi connectivity index (χ2n) is 8.01. The summed E-state index contributed by atoms with van der Waals surface area (Å²) in [6, 6.07) is 4.68. The van der Waals surface area contributed by atoms with Crippen LogP contribution in [0.3, 0.4) is 0 Å². The number of nitrogens with two attached hydrogens (primary N) is 2. The molecule has 0 atom stereocenters. The summed E-state index contributed by atoms with van der Waals surface area (Å²) in [4.78, 5) is 24.5. The van der Waals surface area contributed by atoms with Crippen LogP contribution in [0.2, 0.25) is 0 Å². The molecule has 1 aliphatic heterocycles. The molecule has 0 saturated carbocycles. The fourth-order valence-electron chi connectivity index (χ4n) is 3.70. The predicted octanol–water partition coefficient (Wildman–Crippen LogP) is 1.83. The molecule has 0 bridgehead atoms. The number of ether oxygens (including phenoxy) is 2. The summed E-state index contributed by atoms with van der Waals surface area (Å²) >= 11 is 0. The Morgan fingerprint density at radius 2 is 1.78 bits per heavy atom. The van der Waals surface area contributed by atoms with Crippen LogP contribution in [0.4, 0.5) is 13.2 Å². The monoisotopic (exact) mass is 505 g/mol. The molecule has 0 unspecified atom stereocenters. The van der Waals surface area contributed by atoms with Crippen LogP contribution in [0.5, 0.6) is 5.75 Å². The van der Waals surface area contributed by atoms with Crippen LogP contribution in [0, 0.1) is 22.9 Å². The Kier molecular flexibility index (Phi) is 8.54. The number of carbonyl (C=O) groups is 2. The van der Waals surface area contributed by atoms with Crippen molar-refractivity contribution in [1.82, 2.24) is 10.6 Å². The minimum Gasteiger partial charge on any atom is -0.496 e. The van der Waals surface area contributed by atoms with Gasteiger partial charge in [0.05, 0.1) is 18.4 Å². The smallest absolute Gasteiger partial charge is 0.255 e. The maximum atomic E-state index is 14.9. The number of benzene rings is 2. The minimum atomic E-state index is -1.09. The van der Waals surface area contributed by atoms with Crippen LogP contribution >= 0.6 is 0 Å². The highest BCUT2D eigenvalue weighted by Gasteiger charge is 2.24. The van der Waals surface area contributed by atoms with Gasteiger partial charge in [-0.3, -0.25) is 15.0 Å². The summed E-state index contributed by atoms with van der Waals surface area (Å²) in [7, 11) is 1.30. The van der Waals surface area contributed by atoms with Gasteiger partial charge in [0.25, 0.3) is 11.8 Å². The highest BCUT2D eigenvalue weighted by atomic mass is 19.1. The summed E-state index contributed by atoms with van der Waals surface area (Å²) in [5.41, 5.74) is 9.25. The average molecular weight is 505 g/mol. The normalized spacial score (nSPS) is 14.6. The molecule has 0 radical (unpaired) electrons. The van der Waals surface area contributed by atoms with Crippen molar-refractivity contribution < 1.29 is 32.2 Å². The molecule has 1 saturated heterocycles. The highest BCUT2D eigenvalue weighted by molar-refractivity contribution is 6.26. The van der Waals surface area contributed by atoms with Gasteiger partial charge < -0.3 is 31.6 Å². The van der Waals surface area contributed by atoms with E-state index >= 15 is 0 Å². The van der Waals surface area contributed by atoms with E-state index in [-0.39, 0.29) is 28.7 Å². The van der Waals surface area contributed by atoms with Crippen molar-refractivity contribution in [3.05, 3.63) is 75.9 Å². The zero-order valence-corrected chi connectivity index (χ0v) is 19.4. The lowest BCUT2D eigenvalue weighted by Gasteiger charge is -2.25. The maximum absolute atomic E-state index is 14.9. The van der Waals surface area contributed by atoms with Gasteiger partial charge in [0.15, 0.2) is 0 Å². The molecule has 2 aromatic carbocycles. The number of amides is 2. The number of rotatable bonds is 9. The van der Waals surface area contributed by atoms with Crippen molar-refractivity contribution in [3.8, 4) is 5.75 Å². The van der Waals surface area contributed by atoms with E-state index in [2.05, 4.69) is 10.6 Å². The molecule has 7 N–H and O–H groups in total. The molecule has 2 aromatic rings. The number of hydrogen-bond donors (Lipinski definition) is 5. The van der Waals surface area contributed by atoms with Crippen LogP contribution in [0.1, 0.15) is 34.3 Å². The Labute approximate surface area is 205 Å². The average Bonchev–Trinajstić information content (AvgIpc) is 2.84. The van der Waals surface area contributed by atoms with Gasteiger partial charge in [0, 0.05) is 36.9 Å². The number of carbonyl (C=O) groups excluding carboxylic acids is 2. The fraction of sp³-hybridized carbons (Fsp3) is 0.292. The summed E-state index contributed by atoms with van der Waals surface area (Å²) in [6.45, 7) is 0.525. The number of methoxy groups -OCH3 is 1. The van der Waals surface area contributed by atoms with Crippen LogP contribution < -0.4 is 26.8 Å². The lowest BCUT2D eigenvalue weighted by Crippen LogP contribution is -2.40. The highest BCUT2D eigenvalue weighted by Crippen LogP contribution is 2.21. The molecule has 0 aromatic heterocycles. The molecule has 192 valence electrons. The van der Waals surface area contributed by atoms with Crippen molar-refractivity contribution in [1.29, 1.82) is 5.41 Å². The fourth-order valence-corrected chi connectivity index (χ4v) is 3.70. The predicted molar refractivity (Wildman–Crippen MR) is 125 cm³/mol. The van der Waals surface area contributed by atoms with Gasteiger partial charge in [-0.15, -0.1) is 0 Å². The number of halogens is 3. The first-order valence-electron chi connectivity index (χ1n) is 10.9. The van der Waals surface area contributed by atoms with Gasteiger partial charge in [0.2, 0.25) is 0 Å². The van der Waals surface area contributed by atoms with E-state index in [0.717, 1.165) is 18.2 Å². The first-order valence-corrected chi connectivity index (χ1v) is 10.9. The van der Waals surface area contributed by atoms with Crippen molar-refractivity contribution >= 4 is 17.5 Å². The Morgan fingerprint density at radius 1 is 1.08 bits per heavy atom. The van der Waals surface area contributed by atoms with E-state index in [1.165, 1.54) is 13.2 Å². The quantitative estimate of drug-likeness (QED) is 0.259. The van der Waals surface area contributed by atoms with Gasteiger partial charge >= 0.3 is 0 Å². The van der Waals surface area contributed by atoms with Crippen LogP contribution in [-0.4, -0.2) is 43.9 Å². The molecule has 3 rings (SSSR count). The zero-order valence-electron chi connectivity index (χ0n) is 19.4. The Morgan fingerprint density at radius 3 is 2.42 bits per heavy atom. The first kappa shape index (κ1) is 26.5. The van der Waals surface area contributed by atoms with Crippen LogP contribution in [0.25, 0.3) is 0 Å². The molecule has 0 aliphatic carbocycles. The maximum Gasteiger partial charge on any atom is 0.255 e. The molecule has 9 nitrogen and oxygen atoms in total. The van der Waals surface area contributed by atoms with E-state index in [4.69, 9.17) is 26.4 Å². The molecular formula is C24H26F3N5O4. The first-order chi connectivity index (χ1) is 17.1. The Hall–Kier alpha value is -4.06. The van der Waals surface area contributed by atoms with E-state index in [1.54, 1.807) is 0 Å². The Balaban J connectivity index is 1.80. The van der Waals surface area contributed by atoms with Gasteiger partial charge in [-0.1, -0.05) is 0 Å². The second-order valence-corrected chi connectivity index (χ2v) is 8.01. The van der Waals surface area contributed by atoms with Gasteiger partial charge in [0.1, 0.15) is 34.6 Å². The minimum absolute atomic E-state index is 0.0991. The summed E-state index contributed by atoms with van der Waals surface area (Å²) in [6.07, 6.45) is 1.20. The van der Waals surface area contributed by atoms with Gasteiger partial charge in [-0.25, -0.2) is 13.2 Å². The van der Waals surface area contributed by atoms with Crippen molar-refractivity contribution in [3.63, 3.8) is 0 Å². The van der Waals surface area contributed by atoms with E-state index in [0.29, 0.717) is 32.1 Å². The number of nitrogens with one attached hydrogen (secondary N) is 3. The standard InChI is InChI=1S/C24H26F3N5O4/c1-35-19-3-2-13(25)9-16(19)24(34)31-11-12-8-18(27)15(10-17(12)26)21(28)20(23(30)33)22(29)32-14-4-6-36-7-5-14/h2-3,8-10,14,28,32H,4-7,11,29H2,1H3,(H2,30,33)(H,31,34)/b22-20+,28-21?. The van der Waals surface area contributed by atoms with Crippen LogP contribution in [-0.2, 0) is 16.1 Å². The third kappa shape index (κ3) is 6.13. The zero-order chi connectivity index (χ0) is 26.4. The van der Waals surface area contributed by atoms with E-state index < -0.39 is 52.7 Å². The number of hydrogen-bond acceptors (Lipinski definition) is 7. The van der Waals surface area contributed by atoms with Gasteiger partial charge in [-0.2, -0.15) is 0 Å². The SMILES string of the molecule is COc1ccc(F)cc1C(=O)NCc1cc(F)c(C(=N)/C(C(N)=O)=C(/N)NC2CCOCC2)cc1F. The largest absolute Gasteiger partial charge is 0.496 e. The Bertz CT molecular complexity index is 1210. The molecular weight excluding hydrogens is 479 g/mol. The van der Waals surface area contributed by atoms with Crippen LogP contribution in [0.15, 0.2) is 41.7 Å². The van der Waals surface area contributed by atoms with Crippen molar-refractivity contribution in [2.75, 3.05) is 20.3 Å². The third-order valence-corrected chi connectivity index (χ3v) is 5.60. The van der Waals surface area contributed by atoms with Crippen molar-refractivity contribution in [2.45, 2.75) is 25.4 Å². The summed E-state index contributed by atoms with van der Waals surface area (Å²) in [5.74, 6) is -4.65. The van der Waals surface area contributed by atoms with Gasteiger partial charge in [-0.05, 0) is 43.2 Å². The lowest BCUT2D eigenvalue weighted by atomic mass is 9.98. The molecule has 0 spiro atoms. The lowest BCUT2D eigenvalue weighted by molar-refractivity contribution is -0.114. The van der Waals surface area contributed by atoms with Crippen molar-refractivity contribution in [2.24, 2.45) is 11.5 Å². The molecule has 1 heterocycles. The summed E-state index contributed by atoms with van der Waals surface area (Å²) in [5, 5.41) is 13.6. The third-order valence-electron chi connectivity index (χ3n) is 5.60. The molecule has 1 fully saturated rings. The molecule has 2 amide bonds. The van der Waals surface area contributed by atoms with E-state index in [1.807, 2.05) is 0 Å². The topological polar surface area (TPSA) is 153 Å². The molecule has 12 heteroatoms. The van der Waals surface area contributed by atoms with E-state index in [9.17, 15) is 22.8 Å². The number of primary amides is 1. The second kappa shape index (κ2) is 11.6. The molecule has 36 heavy (non-hydrogen) atoms.